The van der Waals surface area contributed by atoms with Crippen molar-refractivity contribution >= 4 is 17.9 Å². The van der Waals surface area contributed by atoms with Gasteiger partial charge in [0.2, 0.25) is 5.91 Å². The Morgan fingerprint density at radius 2 is 1.69 bits per heavy atom. The Hall–Kier alpha value is -2.77. The zero-order chi connectivity index (χ0) is 18.9. The predicted octanol–water partition coefficient (Wildman–Crippen LogP) is 0.871. The normalized spacial score (nSPS) is 15.2. The van der Waals surface area contributed by atoms with Gasteiger partial charge in [-0.1, -0.05) is 18.2 Å². The van der Waals surface area contributed by atoms with Crippen LogP contribution < -0.4 is 10.1 Å². The van der Waals surface area contributed by atoms with Crippen LogP contribution in [0.5, 0.6) is 5.75 Å². The van der Waals surface area contributed by atoms with Gasteiger partial charge in [0, 0.05) is 26.2 Å². The molecule has 26 heavy (non-hydrogen) atoms. The van der Waals surface area contributed by atoms with E-state index in [4.69, 9.17) is 9.47 Å². The number of piperazine rings is 1. The standard InChI is InChI=1S/C18H25N3O5/c1-3-25-18(24)21-11-9-20(10-12-21)17(23)14(2)19-16(22)13-26-15-7-5-4-6-8-15/h4-8,14H,3,9-13H2,1-2H3,(H,19,22)/t14-/m0/s1. The molecular weight excluding hydrogens is 338 g/mol. The van der Waals surface area contributed by atoms with E-state index in [0.717, 1.165) is 0 Å². The van der Waals surface area contributed by atoms with E-state index in [1.54, 1.807) is 35.8 Å². The number of para-hydroxylation sites is 1. The van der Waals surface area contributed by atoms with Crippen LogP contribution in [0.25, 0.3) is 0 Å². The number of hydrogen-bond acceptors (Lipinski definition) is 5. The van der Waals surface area contributed by atoms with Crippen molar-refractivity contribution in [1.29, 1.82) is 0 Å². The van der Waals surface area contributed by atoms with Gasteiger partial charge in [-0.15, -0.1) is 0 Å². The van der Waals surface area contributed by atoms with Crippen LogP contribution in [-0.2, 0) is 14.3 Å². The van der Waals surface area contributed by atoms with Crippen LogP contribution in [0.2, 0.25) is 0 Å². The maximum atomic E-state index is 12.4. The molecule has 0 spiro atoms. The van der Waals surface area contributed by atoms with Crippen molar-refractivity contribution in [2.75, 3.05) is 39.4 Å². The van der Waals surface area contributed by atoms with E-state index in [2.05, 4.69) is 5.32 Å². The highest BCUT2D eigenvalue weighted by atomic mass is 16.6. The minimum absolute atomic E-state index is 0.154. The lowest BCUT2D eigenvalue weighted by atomic mass is 10.2. The maximum absolute atomic E-state index is 12.4. The summed E-state index contributed by atoms with van der Waals surface area (Å²) < 4.78 is 10.3. The fourth-order valence-electron chi connectivity index (χ4n) is 2.61. The Morgan fingerprint density at radius 1 is 1.08 bits per heavy atom. The molecule has 1 aromatic rings. The second-order valence-corrected chi connectivity index (χ2v) is 5.90. The highest BCUT2D eigenvalue weighted by Gasteiger charge is 2.28. The lowest BCUT2D eigenvalue weighted by molar-refractivity contribution is -0.137. The summed E-state index contributed by atoms with van der Waals surface area (Å²) in [7, 11) is 0. The van der Waals surface area contributed by atoms with E-state index in [1.165, 1.54) is 0 Å². The van der Waals surface area contributed by atoms with E-state index >= 15 is 0 Å². The molecule has 1 fully saturated rings. The molecule has 8 heteroatoms. The number of amides is 3. The van der Waals surface area contributed by atoms with Crippen LogP contribution in [-0.4, -0.2) is 73.1 Å². The first-order valence-electron chi connectivity index (χ1n) is 8.69. The van der Waals surface area contributed by atoms with Gasteiger partial charge < -0.3 is 24.6 Å². The van der Waals surface area contributed by atoms with Crippen LogP contribution in [0.3, 0.4) is 0 Å². The minimum Gasteiger partial charge on any atom is -0.484 e. The molecule has 3 amide bonds. The number of ether oxygens (including phenoxy) is 2. The fraction of sp³-hybridized carbons (Fsp3) is 0.500. The summed E-state index contributed by atoms with van der Waals surface area (Å²) in [6.45, 7) is 5.23. The zero-order valence-corrected chi connectivity index (χ0v) is 15.1. The third kappa shape index (κ3) is 5.65. The molecule has 0 aliphatic carbocycles. The molecule has 0 bridgehead atoms. The molecule has 8 nitrogen and oxygen atoms in total. The summed E-state index contributed by atoms with van der Waals surface area (Å²) >= 11 is 0. The first-order valence-corrected chi connectivity index (χ1v) is 8.69. The van der Waals surface area contributed by atoms with Gasteiger partial charge in [-0.3, -0.25) is 9.59 Å². The summed E-state index contributed by atoms with van der Waals surface area (Å²) in [6.07, 6.45) is -0.362. The van der Waals surface area contributed by atoms with Crippen molar-refractivity contribution in [3.8, 4) is 5.75 Å². The van der Waals surface area contributed by atoms with Gasteiger partial charge in [-0.2, -0.15) is 0 Å². The van der Waals surface area contributed by atoms with Crippen molar-refractivity contribution in [1.82, 2.24) is 15.1 Å². The van der Waals surface area contributed by atoms with Gasteiger partial charge in [-0.05, 0) is 26.0 Å². The van der Waals surface area contributed by atoms with Gasteiger partial charge >= 0.3 is 6.09 Å². The van der Waals surface area contributed by atoms with Gasteiger partial charge in [-0.25, -0.2) is 4.79 Å². The van der Waals surface area contributed by atoms with Gasteiger partial charge in [0.15, 0.2) is 6.61 Å². The summed E-state index contributed by atoms with van der Waals surface area (Å²) in [5, 5.41) is 2.64. The lowest BCUT2D eigenvalue weighted by Crippen LogP contribution is -2.55. The Labute approximate surface area is 153 Å². The van der Waals surface area contributed by atoms with Crippen LogP contribution in [0.4, 0.5) is 4.79 Å². The fourth-order valence-corrected chi connectivity index (χ4v) is 2.61. The summed E-state index contributed by atoms with van der Waals surface area (Å²) in [5.41, 5.74) is 0. The molecule has 1 atom stereocenters. The van der Waals surface area contributed by atoms with Gasteiger partial charge in [0.25, 0.3) is 5.91 Å². The second kappa shape index (κ2) is 9.65. The number of nitrogens with zero attached hydrogens (tertiary/aromatic N) is 2. The maximum Gasteiger partial charge on any atom is 0.409 e. The molecule has 2 rings (SSSR count). The molecule has 0 saturated carbocycles. The highest BCUT2D eigenvalue weighted by molar-refractivity contribution is 5.88. The van der Waals surface area contributed by atoms with Crippen LogP contribution in [0.1, 0.15) is 13.8 Å². The molecular formula is C18H25N3O5. The number of hydrogen-bond donors (Lipinski definition) is 1. The molecule has 1 aliphatic heterocycles. The number of benzene rings is 1. The van der Waals surface area contributed by atoms with Crippen molar-refractivity contribution < 1.29 is 23.9 Å². The summed E-state index contributed by atoms with van der Waals surface area (Å²) in [6, 6.07) is 8.34. The number of rotatable bonds is 6. The molecule has 1 aliphatic rings. The smallest absolute Gasteiger partial charge is 0.409 e. The molecule has 0 unspecified atom stereocenters. The lowest BCUT2D eigenvalue weighted by Gasteiger charge is -2.35. The second-order valence-electron chi connectivity index (χ2n) is 5.90. The van der Waals surface area contributed by atoms with Gasteiger partial charge in [0.1, 0.15) is 11.8 Å². The molecule has 1 heterocycles. The topological polar surface area (TPSA) is 88.2 Å². The van der Waals surface area contributed by atoms with Crippen LogP contribution in [0.15, 0.2) is 30.3 Å². The Bertz CT molecular complexity index is 615. The number of carbonyl (C=O) groups excluding carboxylic acids is 3. The Morgan fingerprint density at radius 3 is 2.31 bits per heavy atom. The van der Waals surface area contributed by atoms with E-state index < -0.39 is 6.04 Å². The van der Waals surface area contributed by atoms with Gasteiger partial charge in [0.05, 0.1) is 6.61 Å². The van der Waals surface area contributed by atoms with E-state index in [1.807, 2.05) is 18.2 Å². The van der Waals surface area contributed by atoms with Crippen molar-refractivity contribution in [3.63, 3.8) is 0 Å². The highest BCUT2D eigenvalue weighted by Crippen LogP contribution is 2.08. The van der Waals surface area contributed by atoms with E-state index in [9.17, 15) is 14.4 Å². The third-order valence-electron chi connectivity index (χ3n) is 3.98. The third-order valence-corrected chi connectivity index (χ3v) is 3.98. The Balaban J connectivity index is 1.73. The SMILES string of the molecule is CCOC(=O)N1CCN(C(=O)[C@H](C)NC(=O)COc2ccccc2)CC1. The molecule has 1 aromatic carbocycles. The average Bonchev–Trinajstić information content (AvgIpc) is 2.67. The van der Waals surface area contributed by atoms with Crippen molar-refractivity contribution in [2.24, 2.45) is 0 Å². The van der Waals surface area contributed by atoms with E-state index in [-0.39, 0.29) is 24.5 Å². The largest absolute Gasteiger partial charge is 0.484 e. The molecule has 1 saturated heterocycles. The molecule has 0 radical (unpaired) electrons. The zero-order valence-electron chi connectivity index (χ0n) is 15.1. The predicted molar refractivity (Wildman–Crippen MR) is 94.7 cm³/mol. The summed E-state index contributed by atoms with van der Waals surface area (Å²) in [4.78, 5) is 39.3. The van der Waals surface area contributed by atoms with Crippen molar-refractivity contribution in [2.45, 2.75) is 19.9 Å². The number of carbonyl (C=O) groups is 3. The molecule has 0 aromatic heterocycles. The van der Waals surface area contributed by atoms with Crippen molar-refractivity contribution in [3.05, 3.63) is 30.3 Å². The first-order chi connectivity index (χ1) is 12.5. The minimum atomic E-state index is -0.656. The number of nitrogens with one attached hydrogen (secondary N) is 1. The monoisotopic (exact) mass is 363 g/mol. The average molecular weight is 363 g/mol. The summed E-state index contributed by atoms with van der Waals surface area (Å²) in [5.74, 6) is 0.0538. The van der Waals surface area contributed by atoms with Crippen LogP contribution in [0, 0.1) is 0 Å². The Kier molecular flexibility index (Phi) is 7.25. The first kappa shape index (κ1) is 19.6. The molecule has 1 N–H and O–H groups in total. The molecule has 142 valence electrons. The van der Waals surface area contributed by atoms with Crippen LogP contribution >= 0.6 is 0 Å². The van der Waals surface area contributed by atoms with E-state index in [0.29, 0.717) is 38.5 Å². The quantitative estimate of drug-likeness (QED) is 0.810.